The number of hydrogen-bond acceptors (Lipinski definition) is 4. The molecule has 1 aromatic rings. The quantitative estimate of drug-likeness (QED) is 0.420. The SMILES string of the molecule is [B]C1([B])N(C=O)C([B])([B])C([B])([B])N(c2ncc(C(F)(F)F)cn2)C1([B])[B]. The minimum absolute atomic E-state index is 0.0217. The summed E-state index contributed by atoms with van der Waals surface area (Å²) in [6, 6.07) is 0. The molecule has 16 heteroatoms. The fourth-order valence-corrected chi connectivity index (χ4v) is 2.44. The predicted molar refractivity (Wildman–Crippen MR) is 94.4 cm³/mol. The van der Waals surface area contributed by atoms with Gasteiger partial charge in [-0.2, -0.15) is 13.2 Å². The minimum Gasteiger partial charge on any atom is -0.367 e. The van der Waals surface area contributed by atoms with E-state index in [0.717, 1.165) is 0 Å². The number of alkyl halides is 3. The van der Waals surface area contributed by atoms with Crippen molar-refractivity contribution in [3.8, 4) is 0 Å². The van der Waals surface area contributed by atoms with Crippen LogP contribution in [0.1, 0.15) is 5.56 Å². The van der Waals surface area contributed by atoms with Crippen molar-refractivity contribution in [3.05, 3.63) is 18.0 Å². The van der Waals surface area contributed by atoms with Crippen molar-refractivity contribution in [2.75, 3.05) is 4.90 Å². The summed E-state index contributed by atoms with van der Waals surface area (Å²) in [6.07, 6.45) is -3.85. The lowest BCUT2D eigenvalue weighted by atomic mass is 9.26. The molecule has 0 saturated carbocycles. The highest BCUT2D eigenvalue weighted by molar-refractivity contribution is 6.62. The Kier molecular flexibility index (Phi) is 4.70. The molecule has 0 N–H and O–H groups in total. The Morgan fingerprint density at radius 2 is 1.23 bits per heavy atom. The first kappa shape index (κ1) is 21.0. The molecule has 5 nitrogen and oxygen atoms in total. The summed E-state index contributed by atoms with van der Waals surface area (Å²) in [7, 11) is 46.8. The topological polar surface area (TPSA) is 49.3 Å². The standard InChI is InChI=1S/C10H3B8F3N4O/c11-7(12)9(15,16)25(10(17,18)8(13,14)24(7)3-26)5-22-1-4(2-23-5)6(19,20)21/h1-3H. The van der Waals surface area contributed by atoms with E-state index in [1.54, 1.807) is 0 Å². The van der Waals surface area contributed by atoms with Crippen LogP contribution >= 0.6 is 0 Å². The summed E-state index contributed by atoms with van der Waals surface area (Å²) in [5.41, 5.74) is -1.18. The zero-order valence-electron chi connectivity index (χ0n) is 13.2. The second kappa shape index (κ2) is 5.83. The van der Waals surface area contributed by atoms with E-state index >= 15 is 0 Å². The van der Waals surface area contributed by atoms with Gasteiger partial charge in [0.05, 0.1) is 68.3 Å². The first-order valence-corrected chi connectivity index (χ1v) is 6.78. The van der Waals surface area contributed by atoms with Crippen LogP contribution in [0.15, 0.2) is 12.4 Å². The van der Waals surface area contributed by atoms with Gasteiger partial charge in [0.15, 0.2) is 0 Å². The third-order valence-corrected chi connectivity index (χ3v) is 4.09. The van der Waals surface area contributed by atoms with Crippen LogP contribution in [0.5, 0.6) is 0 Å². The first-order chi connectivity index (χ1) is 11.5. The third kappa shape index (κ3) is 2.71. The second-order valence-electron chi connectivity index (χ2n) is 5.88. The van der Waals surface area contributed by atoms with Crippen molar-refractivity contribution < 1.29 is 18.0 Å². The molecule has 0 unspecified atom stereocenters. The molecule has 0 spiro atoms. The van der Waals surface area contributed by atoms with E-state index in [4.69, 9.17) is 62.8 Å². The average molecular weight is 339 g/mol. The van der Waals surface area contributed by atoms with Gasteiger partial charge < -0.3 is 9.80 Å². The Balaban J connectivity index is 2.67. The maximum atomic E-state index is 12.7. The van der Waals surface area contributed by atoms with E-state index in [-0.39, 0.29) is 6.41 Å². The van der Waals surface area contributed by atoms with Gasteiger partial charge in [-0.3, -0.25) is 4.79 Å². The maximum absolute atomic E-state index is 12.7. The third-order valence-electron chi connectivity index (χ3n) is 4.09. The maximum Gasteiger partial charge on any atom is 0.419 e. The molecule has 0 aromatic carbocycles. The number of rotatable bonds is 2. The number of piperazine rings is 1. The highest BCUT2D eigenvalue weighted by atomic mass is 19.4. The summed E-state index contributed by atoms with van der Waals surface area (Å²) in [6.45, 7) is 0. The smallest absolute Gasteiger partial charge is 0.367 e. The molecular weight excluding hydrogens is 336 g/mol. The molecule has 1 aliphatic heterocycles. The van der Waals surface area contributed by atoms with Crippen molar-refractivity contribution in [3.63, 3.8) is 0 Å². The fourth-order valence-electron chi connectivity index (χ4n) is 2.44. The van der Waals surface area contributed by atoms with Gasteiger partial charge in [0.25, 0.3) is 0 Å². The van der Waals surface area contributed by atoms with Crippen LogP contribution in [0.4, 0.5) is 19.1 Å². The van der Waals surface area contributed by atoms with E-state index in [1.165, 1.54) is 0 Å². The molecule has 1 aromatic heterocycles. The molecule has 1 amide bonds. The normalized spacial score (nSPS) is 23.3. The lowest BCUT2D eigenvalue weighted by Crippen LogP contribution is -2.92. The molecule has 0 aliphatic carbocycles. The summed E-state index contributed by atoms with van der Waals surface area (Å²) >= 11 is 0. The summed E-state index contributed by atoms with van der Waals surface area (Å²) in [4.78, 5) is 19.3. The molecular formula is C10H3B8F3N4O. The Bertz CT molecular complexity index is 683. The molecule has 1 aliphatic rings. The number of anilines is 1. The van der Waals surface area contributed by atoms with Crippen molar-refractivity contribution in [1.29, 1.82) is 0 Å². The lowest BCUT2D eigenvalue weighted by molar-refractivity contribution is -0.138. The predicted octanol–water partition coefficient (Wildman–Crippen LogP) is -3.26. The van der Waals surface area contributed by atoms with E-state index < -0.39 is 39.0 Å². The van der Waals surface area contributed by atoms with Gasteiger partial charge in [0, 0.05) is 12.4 Å². The molecule has 1 fully saturated rings. The van der Waals surface area contributed by atoms with E-state index in [2.05, 4.69) is 9.97 Å². The van der Waals surface area contributed by atoms with Crippen LogP contribution in [0.3, 0.4) is 0 Å². The van der Waals surface area contributed by atoms with Gasteiger partial charge in [-0.05, 0) is 21.4 Å². The number of hydrogen-bond donors (Lipinski definition) is 0. The van der Waals surface area contributed by atoms with Gasteiger partial charge in [-0.25, -0.2) is 9.97 Å². The van der Waals surface area contributed by atoms with Crippen LogP contribution < -0.4 is 4.90 Å². The zero-order valence-corrected chi connectivity index (χ0v) is 13.2. The average Bonchev–Trinajstić information content (AvgIpc) is 2.45. The van der Waals surface area contributed by atoms with Crippen molar-refractivity contribution in [2.24, 2.45) is 0 Å². The van der Waals surface area contributed by atoms with Gasteiger partial charge in [-0.1, -0.05) is 0 Å². The molecule has 0 bridgehead atoms. The van der Waals surface area contributed by atoms with Crippen molar-refractivity contribution in [1.82, 2.24) is 14.9 Å². The lowest BCUT2D eigenvalue weighted by Gasteiger charge is -2.74. The first-order valence-electron chi connectivity index (χ1n) is 6.78. The largest absolute Gasteiger partial charge is 0.419 e. The molecule has 0 atom stereocenters. The van der Waals surface area contributed by atoms with E-state index in [1.807, 2.05) is 0 Å². The van der Waals surface area contributed by atoms with Gasteiger partial charge >= 0.3 is 6.18 Å². The molecule has 2 heterocycles. The monoisotopic (exact) mass is 340 g/mol. The number of carbonyl (C=O) groups excluding carboxylic acids is 1. The van der Waals surface area contributed by atoms with E-state index in [9.17, 15) is 18.0 Å². The number of amides is 1. The summed E-state index contributed by atoms with van der Waals surface area (Å²) in [5.74, 6) is -0.612. The zero-order chi connectivity index (χ0) is 20.3. The van der Waals surface area contributed by atoms with Crippen LogP contribution in [0, 0.1) is 0 Å². The number of nitrogens with zero attached hydrogens (tertiary/aromatic N) is 4. The Morgan fingerprint density at radius 1 is 0.846 bits per heavy atom. The molecule has 2 rings (SSSR count). The van der Waals surface area contributed by atoms with Crippen molar-refractivity contribution in [2.45, 2.75) is 27.5 Å². The molecule has 114 valence electrons. The number of halogens is 3. The van der Waals surface area contributed by atoms with Crippen LogP contribution in [-0.4, -0.2) is 105 Å². The molecule has 1 saturated heterocycles. The van der Waals surface area contributed by atoms with Crippen LogP contribution in [-0.2, 0) is 11.0 Å². The highest BCUT2D eigenvalue weighted by Gasteiger charge is 2.60. The van der Waals surface area contributed by atoms with Gasteiger partial charge in [0.1, 0.15) is 0 Å². The van der Waals surface area contributed by atoms with Crippen molar-refractivity contribution >= 4 is 75.1 Å². The van der Waals surface area contributed by atoms with Crippen LogP contribution in [0.25, 0.3) is 0 Å². The molecule has 26 heavy (non-hydrogen) atoms. The Labute approximate surface area is 158 Å². The fraction of sp³-hybridized carbons (Fsp3) is 0.500. The van der Waals surface area contributed by atoms with Crippen LogP contribution in [0.2, 0.25) is 0 Å². The minimum atomic E-state index is -4.71. The summed E-state index contributed by atoms with van der Waals surface area (Å²) < 4.78 is 38.1. The number of carbonyl (C=O) groups is 1. The van der Waals surface area contributed by atoms with E-state index in [0.29, 0.717) is 22.2 Å². The highest BCUT2D eigenvalue weighted by Crippen LogP contribution is 2.43. The van der Waals surface area contributed by atoms with Gasteiger partial charge in [-0.15, -0.1) is 0 Å². The second-order valence-corrected chi connectivity index (χ2v) is 5.88. The van der Waals surface area contributed by atoms with Gasteiger partial charge in [0.2, 0.25) is 12.4 Å². The number of aromatic nitrogens is 2. The summed E-state index contributed by atoms with van der Waals surface area (Å²) in [5, 5.41) is -9.96. The molecule has 16 radical (unpaired) electrons. The Hall–Kier alpha value is -1.34. The Morgan fingerprint density at radius 3 is 1.54 bits per heavy atom.